The third-order valence-electron chi connectivity index (χ3n) is 6.26. The lowest BCUT2D eigenvalue weighted by atomic mass is 9.83. The minimum absolute atomic E-state index is 0.291. The molecule has 1 fully saturated rings. The van der Waals surface area contributed by atoms with E-state index in [1.165, 1.54) is 0 Å². The first-order chi connectivity index (χ1) is 18.6. The highest BCUT2D eigenvalue weighted by molar-refractivity contribution is 5.85. The average molecular weight is 599 g/mol. The van der Waals surface area contributed by atoms with Crippen LogP contribution in [0.4, 0.5) is 0 Å². The number of nitrogens with zero attached hydrogens (tertiary/aromatic N) is 1. The maximum atomic E-state index is 13.6. The Morgan fingerprint density at radius 2 is 1.12 bits per heavy atom. The number of nitrogens with one attached hydrogen (secondary N) is 1. The van der Waals surface area contributed by atoms with Gasteiger partial charge in [-0.25, -0.2) is 0 Å². The molecule has 1 rings (SSSR count). The quantitative estimate of drug-likeness (QED) is 0.262. The van der Waals surface area contributed by atoms with Crippen molar-refractivity contribution in [1.82, 2.24) is 10.2 Å². The number of ether oxygens (including phenoxy) is 4. The van der Waals surface area contributed by atoms with Gasteiger partial charge in [-0.1, -0.05) is 20.8 Å². The van der Waals surface area contributed by atoms with Crippen molar-refractivity contribution in [2.24, 2.45) is 21.7 Å². The number of hydrogen-bond donors (Lipinski definition) is 1. The molecule has 242 valence electrons. The standard InChI is InChI=1S/C31H54N2O9/c1-27(2,3)21(22(35)32-31(13,14)15)33(17-34)23-20(42-26(38)30(10,11)12)19(41-25(37)29(7,8)9)18(16-39-23)40-24(36)28(4,5)6/h17-21,23H,16H2,1-15H3,(H,32,35)/t18-,19-,20+,21-,23+/m1/s1. The van der Waals surface area contributed by atoms with E-state index in [1.54, 1.807) is 83.1 Å². The molecule has 5 atom stereocenters. The Morgan fingerprint density at radius 3 is 1.48 bits per heavy atom. The minimum atomic E-state index is -1.44. The van der Waals surface area contributed by atoms with Crippen LogP contribution in [0.15, 0.2) is 0 Å². The molecule has 42 heavy (non-hydrogen) atoms. The van der Waals surface area contributed by atoms with Crippen LogP contribution >= 0.6 is 0 Å². The summed E-state index contributed by atoms with van der Waals surface area (Å²) in [4.78, 5) is 67.0. The zero-order chi connectivity index (χ0) is 33.2. The molecule has 1 N–H and O–H groups in total. The summed E-state index contributed by atoms with van der Waals surface area (Å²) in [6.07, 6.45) is -4.84. The molecule has 11 heteroatoms. The molecule has 1 aliphatic rings. The first kappa shape index (κ1) is 37.3. The van der Waals surface area contributed by atoms with Gasteiger partial charge in [-0.2, -0.15) is 0 Å². The summed E-state index contributed by atoms with van der Waals surface area (Å²) in [6, 6.07) is -1.08. The summed E-state index contributed by atoms with van der Waals surface area (Å²) in [7, 11) is 0. The molecular formula is C31H54N2O9. The van der Waals surface area contributed by atoms with Crippen LogP contribution in [-0.4, -0.2) is 77.9 Å². The van der Waals surface area contributed by atoms with Crippen molar-refractivity contribution in [2.75, 3.05) is 6.61 Å². The number of carbonyl (C=O) groups is 5. The van der Waals surface area contributed by atoms with Crippen molar-refractivity contribution in [3.05, 3.63) is 0 Å². The fraction of sp³-hybridized carbons (Fsp3) is 0.839. The highest BCUT2D eigenvalue weighted by Crippen LogP contribution is 2.35. The molecule has 0 aromatic rings. The number of rotatable bonds is 7. The van der Waals surface area contributed by atoms with E-state index in [-0.39, 0.29) is 6.61 Å². The van der Waals surface area contributed by atoms with Crippen molar-refractivity contribution in [1.29, 1.82) is 0 Å². The van der Waals surface area contributed by atoms with Crippen LogP contribution in [0, 0.1) is 21.7 Å². The van der Waals surface area contributed by atoms with E-state index in [9.17, 15) is 24.0 Å². The summed E-state index contributed by atoms with van der Waals surface area (Å²) in [6.45, 7) is 25.5. The van der Waals surface area contributed by atoms with Gasteiger partial charge in [-0.3, -0.25) is 24.0 Å². The number of amides is 2. The average Bonchev–Trinajstić information content (AvgIpc) is 2.75. The fourth-order valence-electron chi connectivity index (χ4n) is 3.98. The molecule has 0 saturated carbocycles. The molecule has 0 aliphatic carbocycles. The predicted molar refractivity (Wildman–Crippen MR) is 157 cm³/mol. The second-order valence-corrected chi connectivity index (χ2v) is 16.2. The Morgan fingerprint density at radius 1 is 0.714 bits per heavy atom. The Balaban J connectivity index is 3.83. The molecule has 1 aliphatic heterocycles. The van der Waals surface area contributed by atoms with Gasteiger partial charge >= 0.3 is 17.9 Å². The van der Waals surface area contributed by atoms with Crippen LogP contribution in [-0.2, 0) is 42.9 Å². The molecule has 0 bridgehead atoms. The van der Waals surface area contributed by atoms with Crippen LogP contribution in [0.1, 0.15) is 104 Å². The molecule has 0 unspecified atom stereocenters. The highest BCUT2D eigenvalue weighted by Gasteiger charge is 2.54. The SMILES string of the molecule is CC(C)(C)NC(=O)[C@@H](N(C=O)[C@H]1OC[C@@H](OC(=O)C(C)(C)C)[C@@H](OC(=O)C(C)(C)C)[C@@H]1OC(=O)C(C)(C)C)C(C)(C)C. The minimum Gasteiger partial charge on any atom is -0.455 e. The molecular weight excluding hydrogens is 544 g/mol. The van der Waals surface area contributed by atoms with E-state index in [0.717, 1.165) is 4.90 Å². The summed E-state index contributed by atoms with van der Waals surface area (Å²) in [5.74, 6) is -2.34. The maximum absolute atomic E-state index is 13.6. The molecule has 1 heterocycles. The van der Waals surface area contributed by atoms with Crippen LogP contribution in [0.3, 0.4) is 0 Å². The smallest absolute Gasteiger partial charge is 0.311 e. The second-order valence-electron chi connectivity index (χ2n) is 16.2. The largest absolute Gasteiger partial charge is 0.455 e. The topological polar surface area (TPSA) is 138 Å². The Hall–Kier alpha value is -2.69. The van der Waals surface area contributed by atoms with Gasteiger partial charge < -0.3 is 29.2 Å². The van der Waals surface area contributed by atoms with Crippen LogP contribution < -0.4 is 5.32 Å². The van der Waals surface area contributed by atoms with E-state index < -0.39 is 81.6 Å². The van der Waals surface area contributed by atoms with Gasteiger partial charge in [0.25, 0.3) is 0 Å². The molecule has 11 nitrogen and oxygen atoms in total. The fourth-order valence-corrected chi connectivity index (χ4v) is 3.98. The van der Waals surface area contributed by atoms with Gasteiger partial charge in [0.05, 0.1) is 22.9 Å². The van der Waals surface area contributed by atoms with Gasteiger partial charge in [0.15, 0.2) is 24.5 Å². The highest BCUT2D eigenvalue weighted by atomic mass is 16.7. The summed E-state index contributed by atoms with van der Waals surface area (Å²) >= 11 is 0. The van der Waals surface area contributed by atoms with Crippen molar-refractivity contribution in [3.8, 4) is 0 Å². The van der Waals surface area contributed by atoms with Gasteiger partial charge in [0.2, 0.25) is 12.3 Å². The number of hydrogen-bond acceptors (Lipinski definition) is 9. The second kappa shape index (κ2) is 12.9. The number of carbonyl (C=O) groups excluding carboxylic acids is 5. The lowest BCUT2D eigenvalue weighted by molar-refractivity contribution is -0.258. The first-order valence-corrected chi connectivity index (χ1v) is 14.4. The number of esters is 3. The van der Waals surface area contributed by atoms with Gasteiger partial charge in [0, 0.05) is 5.54 Å². The van der Waals surface area contributed by atoms with E-state index in [2.05, 4.69) is 5.32 Å². The summed E-state index contributed by atoms with van der Waals surface area (Å²) in [5, 5.41) is 2.92. The molecule has 0 aromatic carbocycles. The van der Waals surface area contributed by atoms with E-state index >= 15 is 0 Å². The van der Waals surface area contributed by atoms with Crippen molar-refractivity contribution < 1.29 is 42.9 Å². The predicted octanol–water partition coefficient (Wildman–Crippen LogP) is 4.00. The third-order valence-corrected chi connectivity index (χ3v) is 6.26. The van der Waals surface area contributed by atoms with Crippen LogP contribution in [0.25, 0.3) is 0 Å². The Kier molecular flexibility index (Phi) is 11.5. The van der Waals surface area contributed by atoms with Crippen LogP contribution in [0.5, 0.6) is 0 Å². The zero-order valence-electron chi connectivity index (χ0n) is 28.3. The van der Waals surface area contributed by atoms with Crippen molar-refractivity contribution in [2.45, 2.75) is 140 Å². The molecule has 2 amide bonds. The van der Waals surface area contributed by atoms with Gasteiger partial charge in [-0.15, -0.1) is 0 Å². The Labute approximate surface area is 251 Å². The van der Waals surface area contributed by atoms with E-state index in [0.29, 0.717) is 6.41 Å². The van der Waals surface area contributed by atoms with Gasteiger partial charge in [-0.05, 0) is 88.5 Å². The molecule has 0 radical (unpaired) electrons. The lowest BCUT2D eigenvalue weighted by Crippen LogP contribution is -2.67. The monoisotopic (exact) mass is 598 g/mol. The Bertz CT molecular complexity index is 1000. The van der Waals surface area contributed by atoms with Crippen LogP contribution in [0.2, 0.25) is 0 Å². The normalized spacial score (nSPS) is 22.8. The third kappa shape index (κ3) is 10.2. The summed E-state index contributed by atoms with van der Waals surface area (Å²) < 4.78 is 23.7. The lowest BCUT2D eigenvalue weighted by Gasteiger charge is -2.48. The molecule has 1 saturated heterocycles. The van der Waals surface area contributed by atoms with E-state index in [1.807, 2.05) is 20.8 Å². The molecule has 0 spiro atoms. The first-order valence-electron chi connectivity index (χ1n) is 14.4. The van der Waals surface area contributed by atoms with Crippen molar-refractivity contribution in [3.63, 3.8) is 0 Å². The summed E-state index contributed by atoms with van der Waals surface area (Å²) in [5.41, 5.74) is -4.26. The zero-order valence-corrected chi connectivity index (χ0v) is 28.3. The molecule has 0 aromatic heterocycles. The van der Waals surface area contributed by atoms with E-state index in [4.69, 9.17) is 18.9 Å². The maximum Gasteiger partial charge on any atom is 0.311 e. The van der Waals surface area contributed by atoms with Crippen molar-refractivity contribution >= 4 is 30.2 Å². The van der Waals surface area contributed by atoms with Gasteiger partial charge in [0.1, 0.15) is 6.04 Å².